The molecule has 14 heavy (non-hydrogen) atoms. The van der Waals surface area contributed by atoms with Crippen LogP contribution in [-0.2, 0) is 14.3 Å². The summed E-state index contributed by atoms with van der Waals surface area (Å²) < 4.78 is 4.91. The second-order valence-corrected chi connectivity index (χ2v) is 3.31. The molecule has 1 atom stereocenters. The number of rotatable bonds is 5. The predicted octanol–water partition coefficient (Wildman–Crippen LogP) is 0.146. The molecule has 1 saturated heterocycles. The highest BCUT2D eigenvalue weighted by Crippen LogP contribution is 2.06. The molecule has 80 valence electrons. The number of nitrogens with one attached hydrogen (secondary N) is 1. The summed E-state index contributed by atoms with van der Waals surface area (Å²) >= 11 is 0. The van der Waals surface area contributed by atoms with Gasteiger partial charge in [0.1, 0.15) is 6.04 Å². The highest BCUT2D eigenvalue weighted by molar-refractivity contribution is 5.76. The molecule has 5 nitrogen and oxygen atoms in total. The van der Waals surface area contributed by atoms with E-state index in [0.717, 1.165) is 19.4 Å². The maximum Gasteiger partial charge on any atom is 0.323 e. The fourth-order valence-electron chi connectivity index (χ4n) is 1.38. The molecule has 0 bridgehead atoms. The monoisotopic (exact) mass is 201 g/mol. The SMILES string of the molecule is O=C(O)CCCOC(=O)C1CCCN1. The van der Waals surface area contributed by atoms with E-state index in [1.807, 2.05) is 0 Å². The van der Waals surface area contributed by atoms with Crippen molar-refractivity contribution >= 4 is 11.9 Å². The molecule has 0 aromatic heterocycles. The van der Waals surface area contributed by atoms with Gasteiger partial charge in [0.05, 0.1) is 6.61 Å². The average Bonchev–Trinajstić information content (AvgIpc) is 2.64. The van der Waals surface area contributed by atoms with Crippen molar-refractivity contribution < 1.29 is 19.4 Å². The Balaban J connectivity index is 2.05. The van der Waals surface area contributed by atoms with Gasteiger partial charge in [-0.3, -0.25) is 9.59 Å². The molecule has 1 fully saturated rings. The molecule has 1 aliphatic heterocycles. The maximum atomic E-state index is 11.3. The van der Waals surface area contributed by atoms with Gasteiger partial charge < -0.3 is 15.2 Å². The van der Waals surface area contributed by atoms with Crippen LogP contribution < -0.4 is 5.32 Å². The largest absolute Gasteiger partial charge is 0.481 e. The van der Waals surface area contributed by atoms with Crippen molar-refractivity contribution in [2.24, 2.45) is 0 Å². The molecule has 1 aliphatic rings. The van der Waals surface area contributed by atoms with Gasteiger partial charge in [0, 0.05) is 6.42 Å². The number of ether oxygens (including phenoxy) is 1. The second-order valence-electron chi connectivity index (χ2n) is 3.31. The van der Waals surface area contributed by atoms with E-state index >= 15 is 0 Å². The Morgan fingerprint density at radius 1 is 1.50 bits per heavy atom. The molecule has 0 radical (unpaired) electrons. The molecule has 0 saturated carbocycles. The molecule has 0 aromatic carbocycles. The van der Waals surface area contributed by atoms with E-state index in [9.17, 15) is 9.59 Å². The van der Waals surface area contributed by atoms with Crippen molar-refractivity contribution in [1.82, 2.24) is 5.32 Å². The highest BCUT2D eigenvalue weighted by atomic mass is 16.5. The van der Waals surface area contributed by atoms with Crippen molar-refractivity contribution in [3.05, 3.63) is 0 Å². The molecule has 0 aliphatic carbocycles. The van der Waals surface area contributed by atoms with Crippen LogP contribution in [0.5, 0.6) is 0 Å². The van der Waals surface area contributed by atoms with Crippen LogP contribution in [0.15, 0.2) is 0 Å². The standard InChI is InChI=1S/C9H15NO4/c11-8(12)4-2-6-14-9(13)7-3-1-5-10-7/h7,10H,1-6H2,(H,11,12). The van der Waals surface area contributed by atoms with Crippen molar-refractivity contribution in [3.8, 4) is 0 Å². The first kappa shape index (κ1) is 11.0. The van der Waals surface area contributed by atoms with Crippen LogP contribution in [0, 0.1) is 0 Å². The molecule has 0 aromatic rings. The van der Waals surface area contributed by atoms with Gasteiger partial charge in [-0.2, -0.15) is 0 Å². The third-order valence-corrected chi connectivity index (χ3v) is 2.12. The Morgan fingerprint density at radius 2 is 2.29 bits per heavy atom. The molecule has 0 amide bonds. The lowest BCUT2D eigenvalue weighted by molar-refractivity contribution is -0.147. The number of carboxylic acids is 1. The summed E-state index contributed by atoms with van der Waals surface area (Å²) in [5.41, 5.74) is 0. The Labute approximate surface area is 82.4 Å². The van der Waals surface area contributed by atoms with E-state index in [0.29, 0.717) is 6.42 Å². The van der Waals surface area contributed by atoms with Crippen molar-refractivity contribution in [3.63, 3.8) is 0 Å². The van der Waals surface area contributed by atoms with Crippen molar-refractivity contribution in [2.45, 2.75) is 31.7 Å². The third-order valence-electron chi connectivity index (χ3n) is 2.12. The van der Waals surface area contributed by atoms with Gasteiger partial charge >= 0.3 is 11.9 Å². The number of carbonyl (C=O) groups excluding carboxylic acids is 1. The van der Waals surface area contributed by atoms with Gasteiger partial charge in [0.25, 0.3) is 0 Å². The first-order chi connectivity index (χ1) is 6.70. The van der Waals surface area contributed by atoms with E-state index in [2.05, 4.69) is 5.32 Å². The minimum Gasteiger partial charge on any atom is -0.481 e. The molecule has 1 unspecified atom stereocenters. The van der Waals surface area contributed by atoms with Gasteiger partial charge in [-0.15, -0.1) is 0 Å². The summed E-state index contributed by atoms with van der Waals surface area (Å²) in [6.07, 6.45) is 2.24. The lowest BCUT2D eigenvalue weighted by atomic mass is 10.2. The Morgan fingerprint density at radius 3 is 2.86 bits per heavy atom. The normalized spacial score (nSPS) is 20.7. The molecule has 1 rings (SSSR count). The van der Waals surface area contributed by atoms with E-state index in [-0.39, 0.29) is 25.0 Å². The van der Waals surface area contributed by atoms with E-state index in [4.69, 9.17) is 9.84 Å². The fraction of sp³-hybridized carbons (Fsp3) is 0.778. The Bertz CT molecular complexity index is 211. The van der Waals surface area contributed by atoms with Crippen LogP contribution in [0.3, 0.4) is 0 Å². The van der Waals surface area contributed by atoms with E-state index < -0.39 is 5.97 Å². The molecule has 5 heteroatoms. The van der Waals surface area contributed by atoms with Crippen LogP contribution in [0.1, 0.15) is 25.7 Å². The van der Waals surface area contributed by atoms with Gasteiger partial charge in [-0.05, 0) is 25.8 Å². The summed E-state index contributed by atoms with van der Waals surface area (Å²) in [4.78, 5) is 21.4. The van der Waals surface area contributed by atoms with Crippen LogP contribution >= 0.6 is 0 Å². The molecule has 2 N–H and O–H groups in total. The zero-order valence-electron chi connectivity index (χ0n) is 7.99. The summed E-state index contributed by atoms with van der Waals surface area (Å²) in [5, 5.41) is 11.4. The zero-order chi connectivity index (χ0) is 10.4. The maximum absolute atomic E-state index is 11.3. The summed E-state index contributed by atoms with van der Waals surface area (Å²) in [5.74, 6) is -1.12. The highest BCUT2D eigenvalue weighted by Gasteiger charge is 2.22. The quantitative estimate of drug-likeness (QED) is 0.489. The smallest absolute Gasteiger partial charge is 0.323 e. The van der Waals surface area contributed by atoms with Gasteiger partial charge in [-0.1, -0.05) is 0 Å². The van der Waals surface area contributed by atoms with E-state index in [1.54, 1.807) is 0 Å². The van der Waals surface area contributed by atoms with Crippen LogP contribution in [0.2, 0.25) is 0 Å². The first-order valence-electron chi connectivity index (χ1n) is 4.82. The first-order valence-corrected chi connectivity index (χ1v) is 4.82. The number of hydrogen-bond acceptors (Lipinski definition) is 4. The van der Waals surface area contributed by atoms with Crippen LogP contribution in [0.4, 0.5) is 0 Å². The predicted molar refractivity (Wildman–Crippen MR) is 48.9 cm³/mol. The second kappa shape index (κ2) is 5.59. The van der Waals surface area contributed by atoms with Gasteiger partial charge in [-0.25, -0.2) is 0 Å². The molecular formula is C9H15NO4. The summed E-state index contributed by atoms with van der Waals surface area (Å²) in [7, 11) is 0. The number of hydrogen-bond donors (Lipinski definition) is 2. The number of carbonyl (C=O) groups is 2. The van der Waals surface area contributed by atoms with Crippen LogP contribution in [-0.4, -0.2) is 36.2 Å². The number of esters is 1. The Kier molecular flexibility index (Phi) is 4.39. The van der Waals surface area contributed by atoms with Crippen LogP contribution in [0.25, 0.3) is 0 Å². The minimum atomic E-state index is -0.861. The lowest BCUT2D eigenvalue weighted by Crippen LogP contribution is -2.32. The van der Waals surface area contributed by atoms with Crippen molar-refractivity contribution in [2.75, 3.05) is 13.2 Å². The Hall–Kier alpha value is -1.10. The molecule has 0 spiro atoms. The topological polar surface area (TPSA) is 75.6 Å². The van der Waals surface area contributed by atoms with Crippen molar-refractivity contribution in [1.29, 1.82) is 0 Å². The fourth-order valence-corrected chi connectivity index (χ4v) is 1.38. The van der Waals surface area contributed by atoms with Gasteiger partial charge in [0.15, 0.2) is 0 Å². The minimum absolute atomic E-state index is 0.0470. The van der Waals surface area contributed by atoms with E-state index in [1.165, 1.54) is 0 Å². The summed E-state index contributed by atoms with van der Waals surface area (Å²) in [6.45, 7) is 1.05. The molecular weight excluding hydrogens is 186 g/mol. The lowest BCUT2D eigenvalue weighted by Gasteiger charge is -2.09. The number of carboxylic acid groups (broad SMARTS) is 1. The third kappa shape index (κ3) is 3.74. The summed E-state index contributed by atoms with van der Waals surface area (Å²) in [6, 6.07) is -0.181. The molecule has 1 heterocycles. The number of aliphatic carboxylic acids is 1. The zero-order valence-corrected chi connectivity index (χ0v) is 7.99. The van der Waals surface area contributed by atoms with Gasteiger partial charge in [0.2, 0.25) is 0 Å². The average molecular weight is 201 g/mol.